The molecular formula is C17H32N2O4. The van der Waals surface area contributed by atoms with Gasteiger partial charge in [0.2, 0.25) is 0 Å². The highest BCUT2D eigenvalue weighted by Gasteiger charge is 2.30. The van der Waals surface area contributed by atoms with Gasteiger partial charge in [-0.25, -0.2) is 4.79 Å². The van der Waals surface area contributed by atoms with Crippen LogP contribution in [0.25, 0.3) is 0 Å². The number of amides is 1. The van der Waals surface area contributed by atoms with Crippen molar-refractivity contribution in [2.75, 3.05) is 6.54 Å². The molecule has 3 unspecified atom stereocenters. The number of ether oxygens (including phenoxy) is 1. The van der Waals surface area contributed by atoms with E-state index in [1.165, 1.54) is 0 Å². The number of nitrogens with one attached hydrogen (secondary N) is 1. The standard InChI is InChI=1S/C17H32N2O4/c1-12(18-13(2)15(20)21)11-14-9-7-6-8-10-19(14)16(22)23-17(3,4)5/h12-14,18H,6-11H2,1-5H3,(H,20,21). The fourth-order valence-corrected chi connectivity index (χ4v) is 2.96. The van der Waals surface area contributed by atoms with Crippen molar-refractivity contribution in [2.45, 2.75) is 90.4 Å². The molecule has 6 nitrogen and oxygen atoms in total. The fourth-order valence-electron chi connectivity index (χ4n) is 2.96. The van der Waals surface area contributed by atoms with Crippen molar-refractivity contribution in [3.05, 3.63) is 0 Å². The summed E-state index contributed by atoms with van der Waals surface area (Å²) in [5.74, 6) is -0.860. The molecule has 1 fully saturated rings. The van der Waals surface area contributed by atoms with Crippen LogP contribution >= 0.6 is 0 Å². The number of carbonyl (C=O) groups excluding carboxylic acids is 1. The lowest BCUT2D eigenvalue weighted by atomic mass is 10.0. The summed E-state index contributed by atoms with van der Waals surface area (Å²) < 4.78 is 5.54. The number of aliphatic carboxylic acids is 1. The van der Waals surface area contributed by atoms with E-state index in [4.69, 9.17) is 9.84 Å². The van der Waals surface area contributed by atoms with Crippen LogP contribution in [-0.2, 0) is 9.53 Å². The Morgan fingerprint density at radius 1 is 1.26 bits per heavy atom. The lowest BCUT2D eigenvalue weighted by molar-refractivity contribution is -0.139. The van der Waals surface area contributed by atoms with Gasteiger partial charge in [0.1, 0.15) is 11.6 Å². The molecule has 0 saturated carbocycles. The predicted octanol–water partition coefficient (Wildman–Crippen LogP) is 3.01. The molecule has 1 heterocycles. The van der Waals surface area contributed by atoms with E-state index in [9.17, 15) is 9.59 Å². The first-order valence-corrected chi connectivity index (χ1v) is 8.58. The molecule has 2 N–H and O–H groups in total. The van der Waals surface area contributed by atoms with Crippen molar-refractivity contribution in [2.24, 2.45) is 0 Å². The molecule has 23 heavy (non-hydrogen) atoms. The zero-order chi connectivity index (χ0) is 17.6. The summed E-state index contributed by atoms with van der Waals surface area (Å²) >= 11 is 0. The van der Waals surface area contributed by atoms with Gasteiger partial charge >= 0.3 is 12.1 Å². The maximum Gasteiger partial charge on any atom is 0.410 e. The third-order valence-electron chi connectivity index (χ3n) is 4.04. The summed E-state index contributed by atoms with van der Waals surface area (Å²) in [5, 5.41) is 12.1. The molecule has 1 saturated heterocycles. The average molecular weight is 328 g/mol. The summed E-state index contributed by atoms with van der Waals surface area (Å²) in [6.45, 7) is 9.93. The van der Waals surface area contributed by atoms with E-state index in [-0.39, 0.29) is 18.2 Å². The minimum Gasteiger partial charge on any atom is -0.480 e. The Morgan fingerprint density at radius 3 is 2.48 bits per heavy atom. The molecule has 0 bridgehead atoms. The summed E-state index contributed by atoms with van der Waals surface area (Å²) in [4.78, 5) is 25.3. The zero-order valence-corrected chi connectivity index (χ0v) is 15.1. The quantitative estimate of drug-likeness (QED) is 0.811. The topological polar surface area (TPSA) is 78.9 Å². The van der Waals surface area contributed by atoms with E-state index in [1.807, 2.05) is 32.6 Å². The van der Waals surface area contributed by atoms with Crippen molar-refractivity contribution < 1.29 is 19.4 Å². The molecule has 134 valence electrons. The average Bonchev–Trinajstić information content (AvgIpc) is 2.61. The van der Waals surface area contributed by atoms with E-state index in [2.05, 4.69) is 5.32 Å². The van der Waals surface area contributed by atoms with E-state index < -0.39 is 17.6 Å². The van der Waals surface area contributed by atoms with Gasteiger partial charge in [-0.05, 0) is 53.9 Å². The van der Waals surface area contributed by atoms with Gasteiger partial charge in [-0.15, -0.1) is 0 Å². The van der Waals surface area contributed by atoms with Gasteiger partial charge < -0.3 is 20.1 Å². The van der Waals surface area contributed by atoms with Gasteiger partial charge in [-0.2, -0.15) is 0 Å². The van der Waals surface area contributed by atoms with E-state index in [0.29, 0.717) is 6.54 Å². The molecule has 0 aromatic rings. The lowest BCUT2D eigenvalue weighted by Crippen LogP contribution is -2.47. The van der Waals surface area contributed by atoms with Crippen LogP contribution < -0.4 is 5.32 Å². The number of hydrogen-bond donors (Lipinski definition) is 2. The normalized spacial score (nSPS) is 22.1. The Labute approximate surface area is 139 Å². The number of nitrogens with zero attached hydrogens (tertiary/aromatic N) is 1. The summed E-state index contributed by atoms with van der Waals surface area (Å²) in [5.41, 5.74) is -0.504. The second-order valence-electron chi connectivity index (χ2n) is 7.54. The molecule has 0 radical (unpaired) electrons. The molecule has 6 heteroatoms. The molecule has 0 aliphatic carbocycles. The van der Waals surface area contributed by atoms with Crippen molar-refractivity contribution in [1.82, 2.24) is 10.2 Å². The molecule has 1 aliphatic heterocycles. The van der Waals surface area contributed by atoms with E-state index in [1.54, 1.807) is 6.92 Å². The van der Waals surface area contributed by atoms with E-state index in [0.717, 1.165) is 32.1 Å². The number of carboxylic acids is 1. The van der Waals surface area contributed by atoms with Crippen LogP contribution in [0.1, 0.15) is 66.7 Å². The molecule has 1 amide bonds. The number of likely N-dealkylation sites (tertiary alicyclic amines) is 1. The van der Waals surface area contributed by atoms with Crippen LogP contribution in [0.15, 0.2) is 0 Å². The molecule has 3 atom stereocenters. The van der Waals surface area contributed by atoms with Gasteiger partial charge in [-0.1, -0.05) is 12.8 Å². The van der Waals surface area contributed by atoms with Crippen LogP contribution in [0.2, 0.25) is 0 Å². The van der Waals surface area contributed by atoms with Crippen LogP contribution in [0.3, 0.4) is 0 Å². The van der Waals surface area contributed by atoms with Crippen molar-refractivity contribution in [3.8, 4) is 0 Å². The highest BCUT2D eigenvalue weighted by atomic mass is 16.6. The van der Waals surface area contributed by atoms with Crippen molar-refractivity contribution in [1.29, 1.82) is 0 Å². The smallest absolute Gasteiger partial charge is 0.410 e. The Kier molecular flexibility index (Phi) is 7.32. The molecule has 0 spiro atoms. The lowest BCUT2D eigenvalue weighted by Gasteiger charge is -2.34. The first-order chi connectivity index (χ1) is 10.6. The predicted molar refractivity (Wildman–Crippen MR) is 89.5 cm³/mol. The van der Waals surface area contributed by atoms with Gasteiger partial charge in [0.15, 0.2) is 0 Å². The maximum atomic E-state index is 12.5. The Balaban J connectivity index is 2.70. The van der Waals surface area contributed by atoms with Gasteiger partial charge in [0, 0.05) is 18.6 Å². The fraction of sp³-hybridized carbons (Fsp3) is 0.882. The van der Waals surface area contributed by atoms with Crippen LogP contribution in [0, 0.1) is 0 Å². The monoisotopic (exact) mass is 328 g/mol. The largest absolute Gasteiger partial charge is 0.480 e. The van der Waals surface area contributed by atoms with E-state index >= 15 is 0 Å². The SMILES string of the molecule is CC(CC1CCCCCN1C(=O)OC(C)(C)C)NC(C)C(=O)O. The second-order valence-corrected chi connectivity index (χ2v) is 7.54. The first-order valence-electron chi connectivity index (χ1n) is 8.58. The number of hydrogen-bond acceptors (Lipinski definition) is 4. The Hall–Kier alpha value is -1.30. The first kappa shape index (κ1) is 19.7. The highest BCUT2D eigenvalue weighted by Crippen LogP contribution is 2.23. The zero-order valence-electron chi connectivity index (χ0n) is 15.1. The summed E-state index contributed by atoms with van der Waals surface area (Å²) in [6, 6.07) is -0.476. The molecule has 0 aromatic heterocycles. The number of carbonyl (C=O) groups is 2. The summed E-state index contributed by atoms with van der Waals surface area (Å²) in [6.07, 6.45) is 4.60. The molecular weight excluding hydrogens is 296 g/mol. The van der Waals surface area contributed by atoms with Gasteiger partial charge in [-0.3, -0.25) is 4.79 Å². The molecule has 1 rings (SSSR count). The Bertz CT molecular complexity index is 406. The van der Waals surface area contributed by atoms with Crippen LogP contribution in [-0.4, -0.2) is 52.3 Å². The minimum atomic E-state index is -0.860. The minimum absolute atomic E-state index is 0.0223. The number of carboxylic acid groups (broad SMARTS) is 1. The third-order valence-corrected chi connectivity index (χ3v) is 4.04. The van der Waals surface area contributed by atoms with Crippen LogP contribution in [0.5, 0.6) is 0 Å². The number of rotatable bonds is 5. The third kappa shape index (κ3) is 7.20. The maximum absolute atomic E-state index is 12.5. The molecule has 0 aromatic carbocycles. The summed E-state index contributed by atoms with van der Waals surface area (Å²) in [7, 11) is 0. The highest BCUT2D eigenvalue weighted by molar-refractivity contribution is 5.72. The van der Waals surface area contributed by atoms with Crippen molar-refractivity contribution in [3.63, 3.8) is 0 Å². The Morgan fingerprint density at radius 2 is 1.91 bits per heavy atom. The van der Waals surface area contributed by atoms with Gasteiger partial charge in [0.25, 0.3) is 0 Å². The second kappa shape index (κ2) is 8.52. The van der Waals surface area contributed by atoms with Gasteiger partial charge in [0.05, 0.1) is 0 Å². The molecule has 1 aliphatic rings. The van der Waals surface area contributed by atoms with Crippen molar-refractivity contribution >= 4 is 12.1 Å². The van der Waals surface area contributed by atoms with Crippen LogP contribution in [0.4, 0.5) is 4.79 Å².